The molecule has 1 aliphatic heterocycles. The van der Waals surface area contributed by atoms with Crippen molar-refractivity contribution in [3.63, 3.8) is 0 Å². The molecular formula is C16H19FN2O2S. The highest BCUT2D eigenvalue weighted by molar-refractivity contribution is 7.20. The van der Waals surface area contributed by atoms with Gasteiger partial charge in [0, 0.05) is 30.9 Å². The third kappa shape index (κ3) is 2.94. The molecule has 118 valence electrons. The number of carbonyl (C=O) groups is 1. The first-order valence-corrected chi connectivity index (χ1v) is 8.24. The van der Waals surface area contributed by atoms with E-state index in [4.69, 9.17) is 4.74 Å². The second-order valence-electron chi connectivity index (χ2n) is 5.46. The molecule has 1 aromatic carbocycles. The minimum atomic E-state index is -0.342. The molecule has 6 heteroatoms. The van der Waals surface area contributed by atoms with Gasteiger partial charge in [-0.25, -0.2) is 9.18 Å². The molecule has 3 rings (SSSR count). The van der Waals surface area contributed by atoms with Crippen molar-refractivity contribution in [2.24, 2.45) is 0 Å². The summed E-state index contributed by atoms with van der Waals surface area (Å²) in [5, 5.41) is 0.753. The Kier molecular flexibility index (Phi) is 4.31. The van der Waals surface area contributed by atoms with Crippen LogP contribution in [0.15, 0.2) is 18.2 Å². The van der Waals surface area contributed by atoms with Crippen molar-refractivity contribution < 1.29 is 13.9 Å². The Hall–Kier alpha value is -1.66. The van der Waals surface area contributed by atoms with Crippen LogP contribution in [0.25, 0.3) is 10.1 Å². The number of ether oxygens (including phenoxy) is 1. The van der Waals surface area contributed by atoms with Gasteiger partial charge in [-0.2, -0.15) is 0 Å². The summed E-state index contributed by atoms with van der Waals surface area (Å²) < 4.78 is 20.3. The van der Waals surface area contributed by atoms with Crippen LogP contribution in [0.3, 0.4) is 0 Å². The minimum Gasteiger partial charge on any atom is -0.462 e. The fourth-order valence-corrected chi connectivity index (χ4v) is 3.61. The zero-order chi connectivity index (χ0) is 15.7. The number of rotatable bonds is 3. The maximum atomic E-state index is 14.4. The summed E-state index contributed by atoms with van der Waals surface area (Å²) in [4.78, 5) is 16.6. The van der Waals surface area contributed by atoms with Crippen LogP contribution >= 0.6 is 11.3 Å². The third-order valence-electron chi connectivity index (χ3n) is 3.91. The van der Waals surface area contributed by atoms with Gasteiger partial charge in [-0.1, -0.05) is 0 Å². The monoisotopic (exact) mass is 322 g/mol. The SMILES string of the molecule is CCOC(=O)c1cc2cc(F)c(N3CCN(C)CC3)cc2s1. The van der Waals surface area contributed by atoms with Crippen LogP contribution in [0.2, 0.25) is 0 Å². The molecular weight excluding hydrogens is 303 g/mol. The second kappa shape index (κ2) is 6.22. The lowest BCUT2D eigenvalue weighted by Gasteiger charge is -2.34. The van der Waals surface area contributed by atoms with Gasteiger partial charge >= 0.3 is 5.97 Å². The zero-order valence-corrected chi connectivity index (χ0v) is 13.6. The number of piperazine rings is 1. The van der Waals surface area contributed by atoms with Crippen molar-refractivity contribution >= 4 is 33.1 Å². The Morgan fingerprint density at radius 2 is 2.00 bits per heavy atom. The van der Waals surface area contributed by atoms with Crippen LogP contribution in [0.1, 0.15) is 16.6 Å². The lowest BCUT2D eigenvalue weighted by Crippen LogP contribution is -2.44. The maximum absolute atomic E-state index is 14.4. The number of hydrogen-bond acceptors (Lipinski definition) is 5. The number of thiophene rings is 1. The van der Waals surface area contributed by atoms with Gasteiger partial charge < -0.3 is 14.5 Å². The Bertz CT molecular complexity index is 693. The number of esters is 1. The summed E-state index contributed by atoms with van der Waals surface area (Å²) in [6.07, 6.45) is 0. The lowest BCUT2D eigenvalue weighted by atomic mass is 10.2. The fraction of sp³-hybridized carbons (Fsp3) is 0.438. The summed E-state index contributed by atoms with van der Waals surface area (Å²) in [5.41, 5.74) is 0.623. The first kappa shape index (κ1) is 15.2. The third-order valence-corrected chi connectivity index (χ3v) is 4.98. The quantitative estimate of drug-likeness (QED) is 0.814. The first-order chi connectivity index (χ1) is 10.6. The molecule has 0 aliphatic carbocycles. The highest BCUT2D eigenvalue weighted by Gasteiger charge is 2.19. The van der Waals surface area contributed by atoms with Gasteiger partial charge in [0.25, 0.3) is 0 Å². The first-order valence-electron chi connectivity index (χ1n) is 7.42. The fourth-order valence-electron chi connectivity index (χ4n) is 2.64. The topological polar surface area (TPSA) is 32.8 Å². The van der Waals surface area contributed by atoms with Crippen molar-refractivity contribution in [1.29, 1.82) is 0 Å². The molecule has 4 nitrogen and oxygen atoms in total. The van der Waals surface area contributed by atoms with E-state index >= 15 is 0 Å². The molecule has 0 radical (unpaired) electrons. The largest absolute Gasteiger partial charge is 0.462 e. The molecule has 0 bridgehead atoms. The molecule has 0 spiro atoms. The summed E-state index contributed by atoms with van der Waals surface area (Å²) in [6, 6.07) is 5.07. The number of fused-ring (bicyclic) bond motifs is 1. The van der Waals surface area contributed by atoms with Crippen molar-refractivity contribution in [3.8, 4) is 0 Å². The van der Waals surface area contributed by atoms with E-state index in [-0.39, 0.29) is 11.8 Å². The molecule has 1 fully saturated rings. The Morgan fingerprint density at radius 3 is 2.68 bits per heavy atom. The van der Waals surface area contributed by atoms with Crippen LogP contribution in [0, 0.1) is 5.82 Å². The minimum absolute atomic E-state index is 0.231. The number of likely N-dealkylation sites (N-methyl/N-ethyl adjacent to an activating group) is 1. The highest BCUT2D eigenvalue weighted by Crippen LogP contribution is 2.32. The van der Waals surface area contributed by atoms with Crippen LogP contribution in [-0.4, -0.2) is 50.7 Å². The molecule has 2 aromatic rings. The standard InChI is InChI=1S/C16H19FN2O2S/c1-3-21-16(20)15-9-11-8-12(17)13(10-14(11)22-15)19-6-4-18(2)5-7-19/h8-10H,3-7H2,1-2H3. The van der Waals surface area contributed by atoms with Gasteiger partial charge in [0.15, 0.2) is 0 Å². The van der Waals surface area contributed by atoms with E-state index in [2.05, 4.69) is 16.8 Å². The van der Waals surface area contributed by atoms with Crippen LogP contribution in [0.4, 0.5) is 10.1 Å². The molecule has 0 N–H and O–H groups in total. The molecule has 2 heterocycles. The normalized spacial score (nSPS) is 16.2. The Morgan fingerprint density at radius 1 is 1.27 bits per heavy atom. The molecule has 22 heavy (non-hydrogen) atoms. The molecule has 0 amide bonds. The van der Waals surface area contributed by atoms with Gasteiger partial charge in [0.1, 0.15) is 10.7 Å². The van der Waals surface area contributed by atoms with Crippen molar-refractivity contribution in [1.82, 2.24) is 4.90 Å². The number of benzene rings is 1. The molecule has 0 atom stereocenters. The van der Waals surface area contributed by atoms with Crippen molar-refractivity contribution in [3.05, 3.63) is 28.9 Å². The number of nitrogens with zero attached hydrogens (tertiary/aromatic N) is 2. The average molecular weight is 322 g/mol. The predicted molar refractivity (Wildman–Crippen MR) is 87.4 cm³/mol. The number of halogens is 1. The van der Waals surface area contributed by atoms with Gasteiger partial charge in [-0.3, -0.25) is 0 Å². The van der Waals surface area contributed by atoms with Gasteiger partial charge in [-0.15, -0.1) is 11.3 Å². The molecule has 1 aromatic heterocycles. The zero-order valence-electron chi connectivity index (χ0n) is 12.8. The Labute approximate surface area is 133 Å². The van der Waals surface area contributed by atoms with Crippen LogP contribution in [0.5, 0.6) is 0 Å². The summed E-state index contributed by atoms with van der Waals surface area (Å²) in [7, 11) is 2.07. The predicted octanol–water partition coefficient (Wildman–Crippen LogP) is 2.97. The maximum Gasteiger partial charge on any atom is 0.348 e. The molecule has 1 aliphatic rings. The smallest absolute Gasteiger partial charge is 0.348 e. The van der Waals surface area contributed by atoms with E-state index in [0.29, 0.717) is 17.2 Å². The average Bonchev–Trinajstić information content (AvgIpc) is 2.90. The van der Waals surface area contributed by atoms with Crippen molar-refractivity contribution in [2.45, 2.75) is 6.92 Å². The molecule has 0 unspecified atom stereocenters. The van der Waals surface area contributed by atoms with Gasteiger partial charge in [0.05, 0.1) is 12.3 Å². The van der Waals surface area contributed by atoms with E-state index in [1.54, 1.807) is 13.0 Å². The molecule has 1 saturated heterocycles. The summed E-state index contributed by atoms with van der Waals surface area (Å²) in [6.45, 7) is 5.60. The van der Waals surface area contributed by atoms with E-state index in [9.17, 15) is 9.18 Å². The summed E-state index contributed by atoms with van der Waals surface area (Å²) in [5.74, 6) is -0.574. The summed E-state index contributed by atoms with van der Waals surface area (Å²) >= 11 is 1.35. The van der Waals surface area contributed by atoms with E-state index in [1.165, 1.54) is 17.4 Å². The number of carbonyl (C=O) groups excluding carboxylic acids is 1. The Balaban J connectivity index is 1.92. The van der Waals surface area contributed by atoms with Crippen LogP contribution in [-0.2, 0) is 4.74 Å². The van der Waals surface area contributed by atoms with E-state index < -0.39 is 0 Å². The lowest BCUT2D eigenvalue weighted by molar-refractivity contribution is 0.0532. The van der Waals surface area contributed by atoms with E-state index in [0.717, 1.165) is 36.3 Å². The second-order valence-corrected chi connectivity index (χ2v) is 6.55. The highest BCUT2D eigenvalue weighted by atomic mass is 32.1. The number of hydrogen-bond donors (Lipinski definition) is 0. The van der Waals surface area contributed by atoms with E-state index in [1.807, 2.05) is 6.07 Å². The number of anilines is 1. The van der Waals surface area contributed by atoms with Crippen LogP contribution < -0.4 is 4.90 Å². The van der Waals surface area contributed by atoms with Gasteiger partial charge in [0.2, 0.25) is 0 Å². The molecule has 0 saturated carbocycles. The van der Waals surface area contributed by atoms with Crippen molar-refractivity contribution in [2.75, 3.05) is 44.7 Å². The van der Waals surface area contributed by atoms with Gasteiger partial charge in [-0.05, 0) is 37.6 Å².